The summed E-state index contributed by atoms with van der Waals surface area (Å²) in [5.41, 5.74) is 0.910. The summed E-state index contributed by atoms with van der Waals surface area (Å²) in [6, 6.07) is -0.185. The van der Waals surface area contributed by atoms with Crippen LogP contribution in [0.15, 0.2) is 12.3 Å². The van der Waals surface area contributed by atoms with Gasteiger partial charge in [0.15, 0.2) is 0 Å². The molecule has 0 aliphatic heterocycles. The van der Waals surface area contributed by atoms with E-state index in [0.717, 1.165) is 5.70 Å². The predicted molar refractivity (Wildman–Crippen MR) is 59.8 cm³/mol. The number of likely N-dealkylation sites (N-methyl/N-ethyl adjacent to an activating group) is 1. The van der Waals surface area contributed by atoms with Gasteiger partial charge in [-0.2, -0.15) is 0 Å². The van der Waals surface area contributed by atoms with Crippen LogP contribution in [0.5, 0.6) is 0 Å². The van der Waals surface area contributed by atoms with Crippen molar-refractivity contribution in [3.63, 3.8) is 0 Å². The summed E-state index contributed by atoms with van der Waals surface area (Å²) < 4.78 is 0. The molecule has 3 heteroatoms. The second-order valence-corrected chi connectivity index (χ2v) is 4.16. The lowest BCUT2D eigenvalue weighted by molar-refractivity contribution is -0.123. The zero-order chi connectivity index (χ0) is 11.3. The minimum atomic E-state index is -0.185. The van der Waals surface area contributed by atoms with Gasteiger partial charge in [0, 0.05) is 12.7 Å². The van der Waals surface area contributed by atoms with E-state index in [1.54, 1.807) is 7.05 Å². The van der Waals surface area contributed by atoms with Crippen LogP contribution in [-0.2, 0) is 4.79 Å². The summed E-state index contributed by atoms with van der Waals surface area (Å²) >= 11 is 0. The van der Waals surface area contributed by atoms with E-state index in [1.165, 1.54) is 0 Å². The average Bonchev–Trinajstić information content (AvgIpc) is 2.11. The number of amides is 1. The van der Waals surface area contributed by atoms with Crippen molar-refractivity contribution < 1.29 is 4.79 Å². The van der Waals surface area contributed by atoms with Crippen LogP contribution >= 0.6 is 0 Å². The molecule has 1 atom stereocenters. The monoisotopic (exact) mass is 198 g/mol. The van der Waals surface area contributed by atoms with Crippen LogP contribution in [0.2, 0.25) is 0 Å². The highest BCUT2D eigenvalue weighted by Crippen LogP contribution is 2.08. The van der Waals surface area contributed by atoms with E-state index in [0.29, 0.717) is 5.92 Å². The van der Waals surface area contributed by atoms with Crippen LogP contribution in [0.4, 0.5) is 0 Å². The van der Waals surface area contributed by atoms with Crippen LogP contribution in [-0.4, -0.2) is 19.0 Å². The standard InChI is InChI=1S/C11H22N2O/c1-7(2)9(5)13-10(8(3)4)11(14)12-6/h7-8,10,13H,5H2,1-4,6H3,(H,12,14)/t10-/m0/s1. The maximum absolute atomic E-state index is 11.5. The van der Waals surface area contributed by atoms with Crippen LogP contribution in [0.25, 0.3) is 0 Å². The molecule has 0 unspecified atom stereocenters. The van der Waals surface area contributed by atoms with Crippen molar-refractivity contribution in [1.82, 2.24) is 10.6 Å². The number of carbonyl (C=O) groups excluding carboxylic acids is 1. The fourth-order valence-corrected chi connectivity index (χ4v) is 1.06. The van der Waals surface area contributed by atoms with Gasteiger partial charge >= 0.3 is 0 Å². The van der Waals surface area contributed by atoms with E-state index in [9.17, 15) is 4.79 Å². The third kappa shape index (κ3) is 3.81. The fraction of sp³-hybridized carbons (Fsp3) is 0.727. The van der Waals surface area contributed by atoms with E-state index >= 15 is 0 Å². The summed E-state index contributed by atoms with van der Waals surface area (Å²) in [5.74, 6) is 0.619. The van der Waals surface area contributed by atoms with Gasteiger partial charge in [0.1, 0.15) is 6.04 Å². The van der Waals surface area contributed by atoms with Crippen molar-refractivity contribution >= 4 is 5.91 Å². The SMILES string of the molecule is C=C(N[C@H](C(=O)NC)C(C)C)C(C)C. The third-order valence-electron chi connectivity index (χ3n) is 2.23. The summed E-state index contributed by atoms with van der Waals surface area (Å²) in [6.45, 7) is 12.0. The van der Waals surface area contributed by atoms with Crippen LogP contribution in [0.1, 0.15) is 27.7 Å². The number of allylic oxidation sites excluding steroid dienone is 1. The zero-order valence-corrected chi connectivity index (χ0v) is 9.85. The summed E-state index contributed by atoms with van der Waals surface area (Å²) in [5, 5.41) is 5.81. The lowest BCUT2D eigenvalue weighted by atomic mass is 10.0. The molecule has 0 aliphatic rings. The number of hydrogen-bond acceptors (Lipinski definition) is 2. The van der Waals surface area contributed by atoms with Crippen LogP contribution in [0, 0.1) is 11.8 Å². The highest BCUT2D eigenvalue weighted by atomic mass is 16.2. The summed E-state index contributed by atoms with van der Waals surface area (Å²) in [7, 11) is 1.65. The normalized spacial score (nSPS) is 12.8. The first-order valence-corrected chi connectivity index (χ1v) is 5.07. The molecular weight excluding hydrogens is 176 g/mol. The van der Waals surface area contributed by atoms with E-state index in [-0.39, 0.29) is 17.9 Å². The molecule has 0 radical (unpaired) electrons. The lowest BCUT2D eigenvalue weighted by Crippen LogP contribution is -2.46. The van der Waals surface area contributed by atoms with Gasteiger partial charge in [-0.15, -0.1) is 0 Å². The number of nitrogens with one attached hydrogen (secondary N) is 2. The molecule has 0 aliphatic carbocycles. The van der Waals surface area contributed by atoms with Gasteiger partial charge in [-0.25, -0.2) is 0 Å². The van der Waals surface area contributed by atoms with Crippen molar-refractivity contribution in [2.24, 2.45) is 11.8 Å². The van der Waals surface area contributed by atoms with Crippen molar-refractivity contribution in [2.75, 3.05) is 7.05 Å². The van der Waals surface area contributed by atoms with E-state index in [2.05, 4.69) is 31.1 Å². The minimum absolute atomic E-state index is 0.0156. The first kappa shape index (κ1) is 13.0. The Bertz CT molecular complexity index is 209. The Labute approximate surface area is 87.0 Å². The van der Waals surface area contributed by atoms with Gasteiger partial charge in [-0.3, -0.25) is 4.79 Å². The zero-order valence-electron chi connectivity index (χ0n) is 9.85. The molecule has 0 heterocycles. The highest BCUT2D eigenvalue weighted by Gasteiger charge is 2.21. The van der Waals surface area contributed by atoms with E-state index in [1.807, 2.05) is 13.8 Å². The molecule has 0 aromatic rings. The highest BCUT2D eigenvalue weighted by molar-refractivity contribution is 5.81. The van der Waals surface area contributed by atoms with Gasteiger partial charge in [0.25, 0.3) is 0 Å². The predicted octanol–water partition coefficient (Wildman–Crippen LogP) is 1.52. The molecule has 0 saturated heterocycles. The van der Waals surface area contributed by atoms with Gasteiger partial charge in [-0.1, -0.05) is 34.3 Å². The molecule has 0 rings (SSSR count). The third-order valence-corrected chi connectivity index (χ3v) is 2.23. The quantitative estimate of drug-likeness (QED) is 0.703. The first-order chi connectivity index (χ1) is 6.40. The molecule has 3 nitrogen and oxygen atoms in total. The Balaban J connectivity index is 4.38. The molecule has 0 bridgehead atoms. The molecule has 0 fully saturated rings. The van der Waals surface area contributed by atoms with Crippen molar-refractivity contribution in [3.05, 3.63) is 12.3 Å². The minimum Gasteiger partial charge on any atom is -0.377 e. The molecular formula is C11H22N2O. The van der Waals surface area contributed by atoms with Gasteiger partial charge in [0.05, 0.1) is 0 Å². The van der Waals surface area contributed by atoms with Crippen molar-refractivity contribution in [1.29, 1.82) is 0 Å². The molecule has 14 heavy (non-hydrogen) atoms. The largest absolute Gasteiger partial charge is 0.377 e. The maximum atomic E-state index is 11.5. The Morgan fingerprint density at radius 2 is 1.71 bits per heavy atom. The van der Waals surface area contributed by atoms with Crippen LogP contribution < -0.4 is 10.6 Å². The Kier molecular flexibility index (Phi) is 5.28. The summed E-state index contributed by atoms with van der Waals surface area (Å²) in [6.07, 6.45) is 0. The van der Waals surface area contributed by atoms with Gasteiger partial charge in [-0.05, 0) is 11.8 Å². The van der Waals surface area contributed by atoms with E-state index in [4.69, 9.17) is 0 Å². The molecule has 0 aromatic carbocycles. The number of hydrogen-bond donors (Lipinski definition) is 2. The second kappa shape index (κ2) is 5.68. The van der Waals surface area contributed by atoms with Crippen molar-refractivity contribution in [3.8, 4) is 0 Å². The molecule has 2 N–H and O–H groups in total. The molecule has 82 valence electrons. The Hall–Kier alpha value is -0.990. The molecule has 0 saturated carbocycles. The smallest absolute Gasteiger partial charge is 0.242 e. The van der Waals surface area contributed by atoms with E-state index < -0.39 is 0 Å². The Morgan fingerprint density at radius 1 is 1.21 bits per heavy atom. The van der Waals surface area contributed by atoms with Gasteiger partial charge < -0.3 is 10.6 Å². The number of rotatable bonds is 5. The molecule has 1 amide bonds. The fourth-order valence-electron chi connectivity index (χ4n) is 1.06. The second-order valence-electron chi connectivity index (χ2n) is 4.16. The maximum Gasteiger partial charge on any atom is 0.242 e. The number of carbonyl (C=O) groups is 1. The molecule has 0 spiro atoms. The molecule has 0 aromatic heterocycles. The van der Waals surface area contributed by atoms with Gasteiger partial charge in [0.2, 0.25) is 5.91 Å². The topological polar surface area (TPSA) is 41.1 Å². The lowest BCUT2D eigenvalue weighted by Gasteiger charge is -2.24. The Morgan fingerprint density at radius 3 is 2.00 bits per heavy atom. The van der Waals surface area contributed by atoms with Crippen LogP contribution in [0.3, 0.4) is 0 Å². The average molecular weight is 198 g/mol. The van der Waals surface area contributed by atoms with Crippen molar-refractivity contribution in [2.45, 2.75) is 33.7 Å². The first-order valence-electron chi connectivity index (χ1n) is 5.07. The summed E-state index contributed by atoms with van der Waals surface area (Å²) in [4.78, 5) is 11.5.